The number of hydrogen-bond donors (Lipinski definition) is 0. The lowest BCUT2D eigenvalue weighted by Gasteiger charge is -2.19. The van der Waals surface area contributed by atoms with Gasteiger partial charge in [0.15, 0.2) is 0 Å². The van der Waals surface area contributed by atoms with Gasteiger partial charge in [-0.15, -0.1) is 0 Å². The Hall–Kier alpha value is -12.9. The van der Waals surface area contributed by atoms with Crippen LogP contribution in [0.25, 0.3) is 111 Å². The molecule has 0 fully saturated rings. The molecule has 0 aliphatic heterocycles. The van der Waals surface area contributed by atoms with Gasteiger partial charge in [-0.1, -0.05) is 72.8 Å². The Bertz CT molecular complexity index is 4680. The van der Waals surface area contributed by atoms with Crippen molar-refractivity contribution in [1.29, 1.82) is 47.4 Å². The standard InChI is InChI=1S/C69H33N13/c1-39-19-63(80-40(2)79-39)49-28-68(81-64-24-45(54-11-3-41(30-70)20-50(54)34-74)7-15-58(64)59-16-8-46(25-65(59)81)55-12-4-42(31-71)21-51(55)35-75)62(38-78)69(29-49)82-66-26-47(56-13-5-43(32-72)22-52(56)36-76)9-17-60(66)61-18-10-48(27-67(61)82)57-14-6-44(33-73)23-53(57)37-77/h3-29H,1-2H3. The maximum Gasteiger partial charge on any atom is 0.126 e. The summed E-state index contributed by atoms with van der Waals surface area (Å²) in [4.78, 5) is 9.59. The molecule has 13 heteroatoms. The Kier molecular flexibility index (Phi) is 12.1. The van der Waals surface area contributed by atoms with Crippen molar-refractivity contribution in [2.75, 3.05) is 0 Å². The van der Waals surface area contributed by atoms with Crippen LogP contribution < -0.4 is 0 Å². The Labute approximate surface area is 468 Å². The normalized spacial score (nSPS) is 10.7. The van der Waals surface area contributed by atoms with Gasteiger partial charge in [-0.05, 0) is 149 Å². The lowest BCUT2D eigenvalue weighted by Crippen LogP contribution is -2.06. The van der Waals surface area contributed by atoms with Crippen LogP contribution in [0.4, 0.5) is 0 Å². The van der Waals surface area contributed by atoms with E-state index in [1.54, 1.807) is 72.8 Å². The molecule has 12 aromatic rings. The molecular formula is C69H33N13. The molecule has 3 heterocycles. The highest BCUT2D eigenvalue weighted by Gasteiger charge is 2.26. The molecule has 0 N–H and O–H groups in total. The average Bonchev–Trinajstić information content (AvgIpc) is 3.10. The van der Waals surface area contributed by atoms with Crippen molar-refractivity contribution in [3.05, 3.63) is 225 Å². The van der Waals surface area contributed by atoms with Gasteiger partial charge < -0.3 is 9.13 Å². The SMILES string of the molecule is Cc1cc(-c2cc(-n3c4cc(-c5ccc(C#N)cc5C#N)ccc4c4ccc(-c5ccc(C#N)cc5C#N)cc43)c(C#N)c(-n3c4cc(-c5ccc(C#N)cc5C#N)ccc4c4ccc(-c5ccc(C#N)cc5C#N)cc43)c2)nc(C)n1. The number of benzene rings is 9. The fourth-order valence-corrected chi connectivity index (χ4v) is 11.2. The Morgan fingerprint density at radius 3 is 0.890 bits per heavy atom. The number of hydrogen-bond acceptors (Lipinski definition) is 11. The van der Waals surface area contributed by atoms with Crippen molar-refractivity contribution in [3.8, 4) is 122 Å². The monoisotopic (exact) mass is 1040 g/mol. The van der Waals surface area contributed by atoms with Crippen LogP contribution >= 0.6 is 0 Å². The van der Waals surface area contributed by atoms with Gasteiger partial charge in [0.2, 0.25) is 0 Å². The van der Waals surface area contributed by atoms with Crippen molar-refractivity contribution < 1.29 is 0 Å². The van der Waals surface area contributed by atoms with Crippen LogP contribution in [0.15, 0.2) is 164 Å². The molecule has 0 spiro atoms. The smallest absolute Gasteiger partial charge is 0.126 e. The van der Waals surface area contributed by atoms with Crippen molar-refractivity contribution in [2.24, 2.45) is 0 Å². The Morgan fingerprint density at radius 1 is 0.305 bits per heavy atom. The summed E-state index contributed by atoms with van der Waals surface area (Å²) in [6.07, 6.45) is 0. The third kappa shape index (κ3) is 8.19. The summed E-state index contributed by atoms with van der Waals surface area (Å²) in [5.74, 6) is 0.512. The molecule has 0 bridgehead atoms. The molecule has 0 saturated carbocycles. The molecule has 0 atom stereocenters. The second-order valence-electron chi connectivity index (χ2n) is 19.5. The highest BCUT2D eigenvalue weighted by atomic mass is 15.0. The molecule has 82 heavy (non-hydrogen) atoms. The van der Waals surface area contributed by atoms with E-state index in [9.17, 15) is 47.4 Å². The third-order valence-corrected chi connectivity index (χ3v) is 14.8. The Morgan fingerprint density at radius 2 is 0.622 bits per heavy atom. The second-order valence-corrected chi connectivity index (χ2v) is 19.5. The zero-order valence-corrected chi connectivity index (χ0v) is 43.4. The van der Waals surface area contributed by atoms with Gasteiger partial charge in [0, 0.05) is 32.8 Å². The number of nitrogens with zero attached hydrogens (tertiary/aromatic N) is 13. The molecule has 0 saturated heterocycles. The maximum absolute atomic E-state index is 12.1. The molecule has 9 aromatic carbocycles. The summed E-state index contributed by atoms with van der Waals surface area (Å²) in [6, 6.07) is 69.2. The molecule has 0 radical (unpaired) electrons. The first-order valence-electron chi connectivity index (χ1n) is 25.4. The predicted octanol–water partition coefficient (Wildman–Crippen LogP) is 14.5. The van der Waals surface area contributed by atoms with Crippen molar-refractivity contribution in [3.63, 3.8) is 0 Å². The van der Waals surface area contributed by atoms with Gasteiger partial charge in [-0.3, -0.25) is 0 Å². The molecule has 13 nitrogen and oxygen atoms in total. The maximum atomic E-state index is 12.1. The quantitative estimate of drug-likeness (QED) is 0.145. The van der Waals surface area contributed by atoms with Crippen molar-refractivity contribution >= 4 is 43.6 Å². The van der Waals surface area contributed by atoms with Crippen LogP contribution in [0.5, 0.6) is 0 Å². The minimum Gasteiger partial charge on any atom is -0.308 e. The molecule has 3 aromatic heterocycles. The fraction of sp³-hybridized carbons (Fsp3) is 0.0290. The van der Waals surface area contributed by atoms with E-state index in [-0.39, 0.29) is 5.56 Å². The molecule has 374 valence electrons. The first-order chi connectivity index (χ1) is 40.0. The van der Waals surface area contributed by atoms with E-state index < -0.39 is 0 Å². The minimum absolute atomic E-state index is 0.217. The van der Waals surface area contributed by atoms with Crippen LogP contribution in [0.1, 0.15) is 61.6 Å². The van der Waals surface area contributed by atoms with Gasteiger partial charge in [0.05, 0.1) is 132 Å². The average molecular weight is 1040 g/mol. The van der Waals surface area contributed by atoms with Gasteiger partial charge in [-0.25, -0.2) is 9.97 Å². The highest BCUT2D eigenvalue weighted by molar-refractivity contribution is 6.13. The second kappa shape index (κ2) is 19.9. The van der Waals surface area contributed by atoms with Crippen LogP contribution in [0.2, 0.25) is 0 Å². The van der Waals surface area contributed by atoms with E-state index in [0.717, 1.165) is 21.5 Å². The van der Waals surface area contributed by atoms with Crippen molar-refractivity contribution in [2.45, 2.75) is 13.8 Å². The molecule has 0 amide bonds. The van der Waals surface area contributed by atoms with E-state index in [1.165, 1.54) is 0 Å². The summed E-state index contributed by atoms with van der Waals surface area (Å²) in [5.41, 5.74) is 13.0. The summed E-state index contributed by atoms with van der Waals surface area (Å²) in [6.45, 7) is 3.69. The number of nitriles is 9. The minimum atomic E-state index is 0.217. The van der Waals surface area contributed by atoms with Crippen LogP contribution in [-0.2, 0) is 0 Å². The zero-order valence-electron chi connectivity index (χ0n) is 43.4. The van der Waals surface area contributed by atoms with Gasteiger partial charge in [0.1, 0.15) is 17.5 Å². The van der Waals surface area contributed by atoms with Gasteiger partial charge >= 0.3 is 0 Å². The molecule has 0 unspecified atom stereocenters. The lowest BCUT2D eigenvalue weighted by molar-refractivity contribution is 1.01. The zero-order chi connectivity index (χ0) is 56.9. The predicted molar refractivity (Wildman–Crippen MR) is 310 cm³/mol. The van der Waals surface area contributed by atoms with Gasteiger partial charge in [-0.2, -0.15) is 47.4 Å². The Balaban J connectivity index is 1.25. The largest absolute Gasteiger partial charge is 0.308 e. The number of rotatable bonds is 7. The van der Waals surface area contributed by atoms with Crippen LogP contribution in [-0.4, -0.2) is 19.1 Å². The number of aromatic nitrogens is 4. The van der Waals surface area contributed by atoms with E-state index >= 15 is 0 Å². The molecule has 12 rings (SSSR count). The first-order valence-corrected chi connectivity index (χ1v) is 25.4. The summed E-state index contributed by atoms with van der Waals surface area (Å²) >= 11 is 0. The first kappa shape index (κ1) is 49.9. The third-order valence-electron chi connectivity index (χ3n) is 14.8. The van der Waals surface area contributed by atoms with E-state index in [1.807, 2.05) is 114 Å². The van der Waals surface area contributed by atoms with E-state index in [2.05, 4.69) is 59.6 Å². The van der Waals surface area contributed by atoms with E-state index in [4.69, 9.17) is 4.98 Å². The number of aryl methyl sites for hydroxylation is 2. The van der Waals surface area contributed by atoms with Gasteiger partial charge in [0.25, 0.3) is 0 Å². The summed E-state index contributed by atoms with van der Waals surface area (Å²) in [7, 11) is 0. The topological polar surface area (TPSA) is 250 Å². The highest BCUT2D eigenvalue weighted by Crippen LogP contribution is 2.44. The molecular weight excluding hydrogens is 1010 g/mol. The van der Waals surface area contributed by atoms with Crippen LogP contribution in [0, 0.1) is 116 Å². The summed E-state index contributed by atoms with van der Waals surface area (Å²) < 4.78 is 4.01. The van der Waals surface area contributed by atoms with Crippen molar-refractivity contribution in [1.82, 2.24) is 19.1 Å². The fourth-order valence-electron chi connectivity index (χ4n) is 11.2. The molecule has 0 aliphatic carbocycles. The van der Waals surface area contributed by atoms with E-state index in [0.29, 0.717) is 145 Å². The lowest BCUT2D eigenvalue weighted by atomic mass is 9.96. The number of fused-ring (bicyclic) bond motifs is 6. The summed E-state index contributed by atoms with van der Waals surface area (Å²) in [5, 5.41) is 96.2. The van der Waals surface area contributed by atoms with Crippen LogP contribution in [0.3, 0.4) is 0 Å². The molecule has 0 aliphatic rings.